The molecule has 0 spiro atoms. The van der Waals surface area contributed by atoms with E-state index in [1.165, 1.54) is 5.56 Å². The summed E-state index contributed by atoms with van der Waals surface area (Å²) in [5.41, 5.74) is 1.31. The zero-order chi connectivity index (χ0) is 15.9. The van der Waals surface area contributed by atoms with Crippen molar-refractivity contribution in [3.8, 4) is 0 Å². The van der Waals surface area contributed by atoms with Crippen LogP contribution in [0, 0.1) is 0 Å². The standard InChI is InChI=1S/C17H25N3O2/c1-19(2)16(21)13-15-17(22)18-10-12-20(15)11-6-9-14-7-4-3-5-8-14/h3-5,7-8,15H,6,9-13H2,1-2H3,(H,18,22)/t15-/m0/s1. The van der Waals surface area contributed by atoms with E-state index in [1.807, 2.05) is 18.2 Å². The van der Waals surface area contributed by atoms with Crippen LogP contribution < -0.4 is 5.32 Å². The van der Waals surface area contributed by atoms with Crippen molar-refractivity contribution in [1.29, 1.82) is 0 Å². The Kier molecular flexibility index (Phi) is 5.95. The number of hydrogen-bond acceptors (Lipinski definition) is 3. The maximum Gasteiger partial charge on any atom is 0.237 e. The number of rotatable bonds is 6. The van der Waals surface area contributed by atoms with E-state index in [4.69, 9.17) is 0 Å². The van der Waals surface area contributed by atoms with Crippen molar-refractivity contribution in [3.63, 3.8) is 0 Å². The van der Waals surface area contributed by atoms with Crippen LogP contribution in [0.2, 0.25) is 0 Å². The minimum atomic E-state index is -0.334. The average molecular weight is 303 g/mol. The molecule has 120 valence electrons. The monoisotopic (exact) mass is 303 g/mol. The zero-order valence-corrected chi connectivity index (χ0v) is 13.4. The maximum atomic E-state index is 12.1. The van der Waals surface area contributed by atoms with Crippen molar-refractivity contribution >= 4 is 11.8 Å². The predicted octanol–water partition coefficient (Wildman–Crippen LogP) is 0.898. The summed E-state index contributed by atoms with van der Waals surface area (Å²) in [6.07, 6.45) is 2.24. The van der Waals surface area contributed by atoms with Crippen LogP contribution in [-0.4, -0.2) is 61.4 Å². The Labute approximate surface area is 132 Å². The summed E-state index contributed by atoms with van der Waals surface area (Å²) >= 11 is 0. The Morgan fingerprint density at radius 1 is 1.32 bits per heavy atom. The quantitative estimate of drug-likeness (QED) is 0.849. The summed E-state index contributed by atoms with van der Waals surface area (Å²) < 4.78 is 0. The van der Waals surface area contributed by atoms with Crippen LogP contribution in [0.1, 0.15) is 18.4 Å². The summed E-state index contributed by atoms with van der Waals surface area (Å²) in [7, 11) is 3.45. The summed E-state index contributed by atoms with van der Waals surface area (Å²) in [6, 6.07) is 10.0. The molecule has 1 aliphatic heterocycles. The summed E-state index contributed by atoms with van der Waals surface area (Å²) in [5, 5.41) is 2.86. The third-order valence-electron chi connectivity index (χ3n) is 4.06. The van der Waals surface area contributed by atoms with Gasteiger partial charge in [0.1, 0.15) is 0 Å². The lowest BCUT2D eigenvalue weighted by Crippen LogP contribution is -2.56. The van der Waals surface area contributed by atoms with Crippen LogP contribution in [0.25, 0.3) is 0 Å². The molecule has 1 atom stereocenters. The highest BCUT2D eigenvalue weighted by atomic mass is 16.2. The molecule has 0 aliphatic carbocycles. The minimum Gasteiger partial charge on any atom is -0.353 e. The molecule has 5 nitrogen and oxygen atoms in total. The number of hydrogen-bond donors (Lipinski definition) is 1. The normalized spacial score (nSPS) is 18.8. The molecule has 0 unspecified atom stereocenters. The van der Waals surface area contributed by atoms with Crippen LogP contribution in [-0.2, 0) is 16.0 Å². The van der Waals surface area contributed by atoms with Crippen molar-refractivity contribution < 1.29 is 9.59 Å². The van der Waals surface area contributed by atoms with Crippen molar-refractivity contribution in [1.82, 2.24) is 15.1 Å². The number of nitrogens with one attached hydrogen (secondary N) is 1. The molecular weight excluding hydrogens is 278 g/mol. The summed E-state index contributed by atoms with van der Waals surface area (Å²) in [4.78, 5) is 27.7. The van der Waals surface area contributed by atoms with E-state index >= 15 is 0 Å². The maximum absolute atomic E-state index is 12.1. The molecule has 1 aromatic carbocycles. The molecule has 2 amide bonds. The molecule has 1 heterocycles. The van der Waals surface area contributed by atoms with Gasteiger partial charge >= 0.3 is 0 Å². The molecule has 1 aromatic rings. The van der Waals surface area contributed by atoms with Gasteiger partial charge in [-0.25, -0.2) is 0 Å². The van der Waals surface area contributed by atoms with Crippen molar-refractivity contribution in [2.24, 2.45) is 0 Å². The lowest BCUT2D eigenvalue weighted by molar-refractivity contribution is -0.137. The highest BCUT2D eigenvalue weighted by Crippen LogP contribution is 2.12. The molecule has 0 radical (unpaired) electrons. The SMILES string of the molecule is CN(C)C(=O)C[C@H]1C(=O)NCCN1CCCc1ccccc1. The van der Waals surface area contributed by atoms with Crippen molar-refractivity contribution in [2.45, 2.75) is 25.3 Å². The second-order valence-corrected chi connectivity index (χ2v) is 5.92. The van der Waals surface area contributed by atoms with E-state index in [2.05, 4.69) is 22.3 Å². The Balaban J connectivity index is 1.88. The fraction of sp³-hybridized carbons (Fsp3) is 0.529. The first-order valence-electron chi connectivity index (χ1n) is 7.84. The van der Waals surface area contributed by atoms with Gasteiger partial charge in [0.25, 0.3) is 0 Å². The van der Waals surface area contributed by atoms with Crippen LogP contribution in [0.3, 0.4) is 0 Å². The van der Waals surface area contributed by atoms with E-state index in [-0.39, 0.29) is 24.3 Å². The summed E-state index contributed by atoms with van der Waals surface area (Å²) in [6.45, 7) is 2.32. The number of piperazine rings is 1. The Hall–Kier alpha value is -1.88. The van der Waals surface area contributed by atoms with Gasteiger partial charge in [-0.3, -0.25) is 14.5 Å². The van der Waals surface area contributed by atoms with Gasteiger partial charge in [0, 0.05) is 27.2 Å². The highest BCUT2D eigenvalue weighted by molar-refractivity contribution is 5.88. The van der Waals surface area contributed by atoms with E-state index < -0.39 is 0 Å². The van der Waals surface area contributed by atoms with E-state index in [0.717, 1.165) is 25.9 Å². The minimum absolute atomic E-state index is 0.00453. The molecule has 5 heteroatoms. The lowest BCUT2D eigenvalue weighted by Gasteiger charge is -2.35. The highest BCUT2D eigenvalue weighted by Gasteiger charge is 2.31. The number of aryl methyl sites for hydroxylation is 1. The van der Waals surface area contributed by atoms with Gasteiger partial charge in [0.2, 0.25) is 11.8 Å². The first kappa shape index (κ1) is 16.5. The lowest BCUT2D eigenvalue weighted by atomic mass is 10.1. The summed E-state index contributed by atoms with van der Waals surface area (Å²) in [5.74, 6) is -0.0312. The third kappa shape index (κ3) is 4.56. The molecule has 1 N–H and O–H groups in total. The molecular formula is C17H25N3O2. The van der Waals surface area contributed by atoms with E-state index in [9.17, 15) is 9.59 Å². The van der Waals surface area contributed by atoms with Gasteiger partial charge < -0.3 is 10.2 Å². The second-order valence-electron chi connectivity index (χ2n) is 5.92. The Morgan fingerprint density at radius 3 is 2.73 bits per heavy atom. The van der Waals surface area contributed by atoms with Gasteiger partial charge in [-0.15, -0.1) is 0 Å². The Morgan fingerprint density at radius 2 is 2.05 bits per heavy atom. The van der Waals surface area contributed by atoms with Gasteiger partial charge in [0.05, 0.1) is 12.5 Å². The molecule has 1 fully saturated rings. The molecule has 2 rings (SSSR count). The molecule has 1 aliphatic rings. The first-order valence-corrected chi connectivity index (χ1v) is 7.84. The fourth-order valence-corrected chi connectivity index (χ4v) is 2.73. The number of amides is 2. The molecule has 0 saturated carbocycles. The largest absolute Gasteiger partial charge is 0.353 e. The van der Waals surface area contributed by atoms with Crippen molar-refractivity contribution in [2.75, 3.05) is 33.7 Å². The number of carbonyl (C=O) groups excluding carboxylic acids is 2. The number of nitrogens with zero attached hydrogens (tertiary/aromatic N) is 2. The number of carbonyl (C=O) groups is 2. The fourth-order valence-electron chi connectivity index (χ4n) is 2.73. The van der Waals surface area contributed by atoms with Crippen LogP contribution >= 0.6 is 0 Å². The molecule has 22 heavy (non-hydrogen) atoms. The molecule has 1 saturated heterocycles. The zero-order valence-electron chi connectivity index (χ0n) is 13.4. The smallest absolute Gasteiger partial charge is 0.237 e. The van der Waals surface area contributed by atoms with Crippen LogP contribution in [0.4, 0.5) is 0 Å². The van der Waals surface area contributed by atoms with E-state index in [1.54, 1.807) is 19.0 Å². The predicted molar refractivity (Wildman–Crippen MR) is 86.4 cm³/mol. The molecule has 0 aromatic heterocycles. The first-order chi connectivity index (χ1) is 10.6. The van der Waals surface area contributed by atoms with Gasteiger partial charge in [-0.05, 0) is 24.9 Å². The average Bonchev–Trinajstić information content (AvgIpc) is 2.51. The van der Waals surface area contributed by atoms with Crippen LogP contribution in [0.5, 0.6) is 0 Å². The van der Waals surface area contributed by atoms with Crippen LogP contribution in [0.15, 0.2) is 30.3 Å². The second kappa shape index (κ2) is 7.94. The molecule has 0 bridgehead atoms. The van der Waals surface area contributed by atoms with Gasteiger partial charge in [-0.2, -0.15) is 0 Å². The third-order valence-corrected chi connectivity index (χ3v) is 4.06. The number of benzene rings is 1. The van der Waals surface area contributed by atoms with Crippen molar-refractivity contribution in [3.05, 3.63) is 35.9 Å². The topological polar surface area (TPSA) is 52.7 Å². The van der Waals surface area contributed by atoms with Gasteiger partial charge in [-0.1, -0.05) is 30.3 Å². The Bertz CT molecular complexity index is 502. The van der Waals surface area contributed by atoms with Gasteiger partial charge in [0.15, 0.2) is 0 Å². The van der Waals surface area contributed by atoms with E-state index in [0.29, 0.717) is 6.54 Å².